The van der Waals surface area contributed by atoms with Crippen LogP contribution < -0.4 is 0 Å². The average Bonchev–Trinajstić information content (AvgIpc) is 3.47. The molecule has 0 amide bonds. The zero-order valence-corrected chi connectivity index (χ0v) is 18.7. The summed E-state index contributed by atoms with van der Waals surface area (Å²) >= 11 is 0. The predicted octanol–water partition coefficient (Wildman–Crippen LogP) is 6.45. The highest BCUT2D eigenvalue weighted by atomic mass is 16.5. The number of hydrogen-bond donors (Lipinski definition) is 2. The summed E-state index contributed by atoms with van der Waals surface area (Å²) in [6, 6.07) is 17.6. The van der Waals surface area contributed by atoms with Crippen LogP contribution in [0.1, 0.15) is 29.9 Å². The maximum absolute atomic E-state index is 5.83. The first-order chi connectivity index (χ1) is 15.7. The number of allylic oxidation sites excluding steroid dienone is 1. The fraction of sp³-hybridized carbons (Fsp3) is 0.286. The minimum atomic E-state index is -0.122. The SMILES string of the molecule is COCC1=CC(c2ccc3[nH]ccc3c2)C(C=Cc2ccc3[nH]ccc3c2)(COC)CC1. The van der Waals surface area contributed by atoms with Gasteiger partial charge in [-0.1, -0.05) is 30.4 Å². The van der Waals surface area contributed by atoms with E-state index in [4.69, 9.17) is 9.47 Å². The molecule has 2 N–H and O–H groups in total. The van der Waals surface area contributed by atoms with Crippen LogP contribution in [0.5, 0.6) is 0 Å². The molecule has 0 spiro atoms. The second-order valence-corrected chi connectivity index (χ2v) is 8.88. The molecule has 2 atom stereocenters. The number of aromatic amines is 2. The molecule has 4 heteroatoms. The molecule has 2 unspecified atom stereocenters. The van der Waals surface area contributed by atoms with Crippen LogP contribution in [0.3, 0.4) is 0 Å². The third kappa shape index (κ3) is 3.92. The summed E-state index contributed by atoms with van der Waals surface area (Å²) in [5.74, 6) is 0.216. The standard InChI is InChI=1S/C28H30N2O2/c1-31-18-21-8-12-28(19-32-2,11-7-20-3-5-26-23(15-20)9-13-29-26)25(16-21)22-4-6-27-24(17-22)10-14-30-27/h3-7,9-11,13-17,25,29-30H,8,12,18-19H2,1-2H3. The first-order valence-corrected chi connectivity index (χ1v) is 11.2. The van der Waals surface area contributed by atoms with Gasteiger partial charge in [0.05, 0.1) is 13.2 Å². The molecule has 1 aliphatic rings. The molecule has 2 aromatic carbocycles. The second kappa shape index (κ2) is 8.81. The minimum absolute atomic E-state index is 0.122. The molecular weight excluding hydrogens is 396 g/mol. The van der Waals surface area contributed by atoms with Crippen LogP contribution in [-0.4, -0.2) is 37.4 Å². The van der Waals surface area contributed by atoms with Crippen molar-refractivity contribution in [3.63, 3.8) is 0 Å². The number of methoxy groups -OCH3 is 2. The summed E-state index contributed by atoms with van der Waals surface area (Å²) in [5.41, 5.74) is 6.09. The Morgan fingerprint density at radius 3 is 2.44 bits per heavy atom. The summed E-state index contributed by atoms with van der Waals surface area (Å²) < 4.78 is 11.3. The van der Waals surface area contributed by atoms with Crippen molar-refractivity contribution in [2.24, 2.45) is 5.41 Å². The number of aromatic nitrogens is 2. The molecule has 0 saturated carbocycles. The molecule has 32 heavy (non-hydrogen) atoms. The maximum Gasteiger partial charge on any atom is 0.0673 e. The minimum Gasteiger partial charge on any atom is -0.384 e. The Balaban J connectivity index is 1.57. The van der Waals surface area contributed by atoms with Gasteiger partial charge in [-0.25, -0.2) is 0 Å². The van der Waals surface area contributed by atoms with Gasteiger partial charge in [-0.05, 0) is 76.7 Å². The first-order valence-electron chi connectivity index (χ1n) is 11.2. The highest BCUT2D eigenvalue weighted by Crippen LogP contribution is 2.48. The monoisotopic (exact) mass is 426 g/mol. The third-order valence-corrected chi connectivity index (χ3v) is 6.80. The van der Waals surface area contributed by atoms with Gasteiger partial charge in [0.25, 0.3) is 0 Å². The van der Waals surface area contributed by atoms with E-state index in [1.54, 1.807) is 7.11 Å². The Morgan fingerprint density at radius 1 is 0.938 bits per heavy atom. The Morgan fingerprint density at radius 2 is 1.69 bits per heavy atom. The summed E-state index contributed by atoms with van der Waals surface area (Å²) in [6.07, 6.45) is 13.1. The van der Waals surface area contributed by atoms with Crippen molar-refractivity contribution in [1.29, 1.82) is 0 Å². The lowest BCUT2D eigenvalue weighted by atomic mass is 9.65. The van der Waals surface area contributed by atoms with Crippen molar-refractivity contribution in [2.75, 3.05) is 27.4 Å². The molecule has 2 heterocycles. The Bertz CT molecular complexity index is 1280. The van der Waals surface area contributed by atoms with Crippen molar-refractivity contribution < 1.29 is 9.47 Å². The van der Waals surface area contributed by atoms with E-state index < -0.39 is 0 Å². The van der Waals surface area contributed by atoms with E-state index in [0.717, 1.165) is 18.4 Å². The lowest BCUT2D eigenvalue weighted by Crippen LogP contribution is -2.34. The van der Waals surface area contributed by atoms with Gasteiger partial charge >= 0.3 is 0 Å². The van der Waals surface area contributed by atoms with Gasteiger partial charge in [0.2, 0.25) is 0 Å². The number of rotatable bonds is 7. The van der Waals surface area contributed by atoms with Crippen LogP contribution in [0.15, 0.2) is 78.6 Å². The quantitative estimate of drug-likeness (QED) is 0.334. The fourth-order valence-electron chi connectivity index (χ4n) is 5.14. The molecule has 4 nitrogen and oxygen atoms in total. The lowest BCUT2D eigenvalue weighted by molar-refractivity contribution is 0.0896. The number of benzene rings is 2. The van der Waals surface area contributed by atoms with Gasteiger partial charge in [-0.2, -0.15) is 0 Å². The molecule has 0 saturated heterocycles. The second-order valence-electron chi connectivity index (χ2n) is 8.88. The summed E-state index contributed by atoms with van der Waals surface area (Å²) in [7, 11) is 3.58. The van der Waals surface area contributed by atoms with Crippen molar-refractivity contribution in [1.82, 2.24) is 9.97 Å². The number of nitrogens with one attached hydrogen (secondary N) is 2. The van der Waals surface area contributed by atoms with E-state index in [1.807, 2.05) is 19.5 Å². The van der Waals surface area contributed by atoms with Gasteiger partial charge in [0, 0.05) is 49.0 Å². The Hall–Kier alpha value is -3.08. The van der Waals surface area contributed by atoms with Crippen LogP contribution in [0.4, 0.5) is 0 Å². The Labute approximate surface area is 188 Å². The van der Waals surface area contributed by atoms with Gasteiger partial charge in [-0.15, -0.1) is 0 Å². The van der Waals surface area contributed by atoms with Crippen LogP contribution >= 0.6 is 0 Å². The van der Waals surface area contributed by atoms with Crippen LogP contribution in [0.25, 0.3) is 27.9 Å². The van der Waals surface area contributed by atoms with Gasteiger partial charge < -0.3 is 19.4 Å². The zero-order valence-electron chi connectivity index (χ0n) is 18.7. The van der Waals surface area contributed by atoms with E-state index in [1.165, 1.54) is 33.0 Å². The van der Waals surface area contributed by atoms with Gasteiger partial charge in [0.15, 0.2) is 0 Å². The van der Waals surface area contributed by atoms with E-state index >= 15 is 0 Å². The summed E-state index contributed by atoms with van der Waals surface area (Å²) in [6.45, 7) is 1.35. The van der Waals surface area contributed by atoms with Crippen LogP contribution in [0.2, 0.25) is 0 Å². The highest BCUT2D eigenvalue weighted by molar-refractivity contribution is 5.82. The topological polar surface area (TPSA) is 50.0 Å². The van der Waals surface area contributed by atoms with Crippen molar-refractivity contribution in [2.45, 2.75) is 18.8 Å². The van der Waals surface area contributed by atoms with Gasteiger partial charge in [-0.3, -0.25) is 0 Å². The summed E-state index contributed by atoms with van der Waals surface area (Å²) in [5, 5.41) is 2.47. The maximum atomic E-state index is 5.83. The molecule has 1 aliphatic carbocycles. The molecule has 0 radical (unpaired) electrons. The van der Waals surface area contributed by atoms with Crippen molar-refractivity contribution in [3.8, 4) is 0 Å². The largest absolute Gasteiger partial charge is 0.384 e. The highest BCUT2D eigenvalue weighted by Gasteiger charge is 2.39. The smallest absolute Gasteiger partial charge is 0.0673 e. The molecule has 0 aliphatic heterocycles. The fourth-order valence-corrected chi connectivity index (χ4v) is 5.14. The number of ether oxygens (including phenoxy) is 2. The number of fused-ring (bicyclic) bond motifs is 2. The van der Waals surface area contributed by atoms with E-state index in [9.17, 15) is 0 Å². The molecule has 5 rings (SSSR count). The molecule has 164 valence electrons. The zero-order chi connectivity index (χ0) is 22.0. The summed E-state index contributed by atoms with van der Waals surface area (Å²) in [4.78, 5) is 6.58. The van der Waals surface area contributed by atoms with Crippen molar-refractivity contribution in [3.05, 3.63) is 89.8 Å². The normalized spacial score (nSPS) is 21.6. The third-order valence-electron chi connectivity index (χ3n) is 6.80. The van der Waals surface area contributed by atoms with Crippen molar-refractivity contribution >= 4 is 27.9 Å². The molecule has 0 bridgehead atoms. The van der Waals surface area contributed by atoms with E-state index in [0.29, 0.717) is 13.2 Å². The van der Waals surface area contributed by atoms with Gasteiger partial charge in [0.1, 0.15) is 0 Å². The van der Waals surface area contributed by atoms with Crippen LogP contribution in [-0.2, 0) is 9.47 Å². The Kier molecular flexibility index (Phi) is 5.73. The molecule has 2 aromatic heterocycles. The number of hydrogen-bond acceptors (Lipinski definition) is 2. The van der Waals surface area contributed by atoms with E-state index in [2.05, 4.69) is 76.7 Å². The molecule has 0 fully saturated rings. The first kappa shape index (κ1) is 20.8. The molecule has 4 aromatic rings. The molecular formula is C28H30N2O2. The van der Waals surface area contributed by atoms with Crippen LogP contribution in [0, 0.1) is 5.41 Å². The lowest BCUT2D eigenvalue weighted by Gasteiger charge is -2.41. The van der Waals surface area contributed by atoms with E-state index in [-0.39, 0.29) is 11.3 Å². The predicted molar refractivity (Wildman–Crippen MR) is 132 cm³/mol. The average molecular weight is 427 g/mol. The number of H-pyrrole nitrogens is 2.